The molecule has 1 atom stereocenters. The van der Waals surface area contributed by atoms with Gasteiger partial charge in [-0.3, -0.25) is 4.79 Å². The summed E-state index contributed by atoms with van der Waals surface area (Å²) < 4.78 is 11.3. The van der Waals surface area contributed by atoms with Crippen molar-refractivity contribution in [1.82, 2.24) is 14.8 Å². The van der Waals surface area contributed by atoms with E-state index in [1.807, 2.05) is 4.90 Å². The topological polar surface area (TPSA) is 54.9 Å². The summed E-state index contributed by atoms with van der Waals surface area (Å²) in [5, 5.41) is 0. The zero-order valence-electron chi connectivity index (χ0n) is 15.7. The van der Waals surface area contributed by atoms with Gasteiger partial charge in [-0.15, -0.1) is 0 Å². The Morgan fingerprint density at radius 1 is 1.23 bits per heavy atom. The Kier molecular flexibility index (Phi) is 5.14. The lowest BCUT2D eigenvalue weighted by molar-refractivity contribution is -0.128. The molecule has 3 saturated heterocycles. The van der Waals surface area contributed by atoms with E-state index >= 15 is 0 Å². The first kappa shape index (κ1) is 17.7. The first-order chi connectivity index (χ1) is 12.7. The number of aromatic nitrogens is 1. The molecular weight excluding hydrogens is 330 g/mol. The smallest absolute Gasteiger partial charge is 0.255 e. The van der Waals surface area contributed by atoms with Gasteiger partial charge in [-0.05, 0) is 57.7 Å². The van der Waals surface area contributed by atoms with Crippen molar-refractivity contribution in [1.29, 1.82) is 0 Å². The number of carbonyl (C=O) groups excluding carboxylic acids is 1. The van der Waals surface area contributed by atoms with Crippen LogP contribution in [0.4, 0.5) is 0 Å². The van der Waals surface area contributed by atoms with Crippen LogP contribution in [0.1, 0.15) is 48.9 Å². The molecule has 1 amide bonds. The number of methoxy groups -OCH3 is 1. The van der Waals surface area contributed by atoms with Crippen LogP contribution in [0, 0.1) is 0 Å². The van der Waals surface area contributed by atoms with Crippen molar-refractivity contribution in [2.75, 3.05) is 39.9 Å². The van der Waals surface area contributed by atoms with Crippen molar-refractivity contribution < 1.29 is 14.3 Å². The molecule has 4 heterocycles. The number of rotatable bonds is 3. The van der Waals surface area contributed by atoms with E-state index < -0.39 is 0 Å². The third-order valence-corrected chi connectivity index (χ3v) is 6.28. The fourth-order valence-electron chi connectivity index (χ4n) is 4.70. The van der Waals surface area contributed by atoms with E-state index in [2.05, 4.69) is 9.88 Å². The van der Waals surface area contributed by atoms with Crippen LogP contribution in [0.25, 0.3) is 0 Å². The molecule has 3 aliphatic heterocycles. The van der Waals surface area contributed by atoms with Gasteiger partial charge in [0.05, 0.1) is 18.3 Å². The Hall–Kier alpha value is -1.66. The number of piperidine rings is 1. The lowest BCUT2D eigenvalue weighted by Gasteiger charge is -2.48. The minimum Gasteiger partial charge on any atom is -0.481 e. The molecule has 0 saturated carbocycles. The summed E-state index contributed by atoms with van der Waals surface area (Å²) in [5.41, 5.74) is 0.599. The van der Waals surface area contributed by atoms with Gasteiger partial charge in [-0.2, -0.15) is 0 Å². The number of nitrogens with zero attached hydrogens (tertiary/aromatic N) is 3. The third-order valence-electron chi connectivity index (χ3n) is 6.28. The van der Waals surface area contributed by atoms with E-state index in [0.717, 1.165) is 45.4 Å². The molecule has 0 aromatic carbocycles. The normalized spacial score (nSPS) is 26.2. The highest BCUT2D eigenvalue weighted by Crippen LogP contribution is 2.37. The average Bonchev–Trinajstić information content (AvgIpc) is 3.23. The van der Waals surface area contributed by atoms with Crippen LogP contribution >= 0.6 is 0 Å². The highest BCUT2D eigenvalue weighted by molar-refractivity contribution is 5.94. The molecule has 26 heavy (non-hydrogen) atoms. The lowest BCUT2D eigenvalue weighted by Crippen LogP contribution is -2.54. The summed E-state index contributed by atoms with van der Waals surface area (Å²) in [6.07, 6.45) is 8.43. The standard InChI is InChI=1S/C20H29N3O3/c1-25-18-5-4-16(15-21-18)19(24)23-11-7-20(8-12-23)14-17(6-13-26-20)22-9-2-3-10-22/h4-5,15,17H,2-3,6-14H2,1H3. The molecule has 0 N–H and O–H groups in total. The number of hydrogen-bond acceptors (Lipinski definition) is 5. The molecule has 1 aromatic rings. The molecule has 6 heteroatoms. The van der Waals surface area contributed by atoms with Gasteiger partial charge < -0.3 is 19.3 Å². The first-order valence-corrected chi connectivity index (χ1v) is 9.86. The molecule has 1 unspecified atom stereocenters. The van der Waals surface area contributed by atoms with E-state index in [4.69, 9.17) is 9.47 Å². The Labute approximate surface area is 155 Å². The minimum atomic E-state index is -0.0273. The van der Waals surface area contributed by atoms with Crippen LogP contribution < -0.4 is 4.74 Å². The molecule has 1 aromatic heterocycles. The highest BCUT2D eigenvalue weighted by atomic mass is 16.5. The minimum absolute atomic E-state index is 0.0273. The number of likely N-dealkylation sites (tertiary alicyclic amines) is 2. The van der Waals surface area contributed by atoms with Crippen LogP contribution in [0.5, 0.6) is 5.88 Å². The van der Waals surface area contributed by atoms with Gasteiger partial charge in [0, 0.05) is 38.0 Å². The molecule has 0 radical (unpaired) electrons. The monoisotopic (exact) mass is 359 g/mol. The number of amides is 1. The van der Waals surface area contributed by atoms with Gasteiger partial charge in [-0.25, -0.2) is 4.98 Å². The molecule has 3 fully saturated rings. The van der Waals surface area contributed by atoms with Crippen LogP contribution in [0.15, 0.2) is 18.3 Å². The predicted octanol–water partition coefficient (Wildman–Crippen LogP) is 2.34. The fraction of sp³-hybridized carbons (Fsp3) is 0.700. The number of hydrogen-bond donors (Lipinski definition) is 0. The molecule has 6 nitrogen and oxygen atoms in total. The SMILES string of the molecule is COc1ccc(C(=O)N2CCC3(CC2)CC(N2CCCC2)CCO3)cn1. The van der Waals surface area contributed by atoms with Gasteiger partial charge >= 0.3 is 0 Å². The third kappa shape index (κ3) is 3.58. The quantitative estimate of drug-likeness (QED) is 0.829. The summed E-state index contributed by atoms with van der Waals surface area (Å²) in [7, 11) is 1.58. The molecule has 0 bridgehead atoms. The molecule has 4 rings (SSSR count). The zero-order chi connectivity index (χ0) is 18.0. The van der Waals surface area contributed by atoms with E-state index in [1.54, 1.807) is 25.4 Å². The molecule has 142 valence electrons. The van der Waals surface area contributed by atoms with Crippen molar-refractivity contribution in [3.63, 3.8) is 0 Å². The maximum absolute atomic E-state index is 12.7. The summed E-state index contributed by atoms with van der Waals surface area (Å²) >= 11 is 0. The van der Waals surface area contributed by atoms with Gasteiger partial charge in [0.25, 0.3) is 5.91 Å². The Morgan fingerprint density at radius 2 is 2.00 bits per heavy atom. The van der Waals surface area contributed by atoms with Crippen molar-refractivity contribution in [3.8, 4) is 5.88 Å². The Bertz CT molecular complexity index is 620. The number of carbonyl (C=O) groups is 1. The van der Waals surface area contributed by atoms with Crippen LogP contribution in [-0.4, -0.2) is 72.2 Å². The number of pyridine rings is 1. The van der Waals surface area contributed by atoms with E-state index in [1.165, 1.54) is 25.9 Å². The second kappa shape index (κ2) is 7.53. The van der Waals surface area contributed by atoms with Gasteiger partial charge in [-0.1, -0.05) is 0 Å². The van der Waals surface area contributed by atoms with Crippen molar-refractivity contribution in [3.05, 3.63) is 23.9 Å². The van der Waals surface area contributed by atoms with Crippen LogP contribution in [0.2, 0.25) is 0 Å². The van der Waals surface area contributed by atoms with Crippen LogP contribution in [0.3, 0.4) is 0 Å². The Morgan fingerprint density at radius 3 is 2.65 bits per heavy atom. The molecule has 3 aliphatic rings. The predicted molar refractivity (Wildman–Crippen MR) is 98.4 cm³/mol. The number of ether oxygens (including phenoxy) is 2. The summed E-state index contributed by atoms with van der Waals surface area (Å²) in [4.78, 5) is 21.5. The Balaban J connectivity index is 1.36. The maximum atomic E-state index is 12.7. The molecule has 1 spiro atoms. The highest BCUT2D eigenvalue weighted by Gasteiger charge is 2.42. The fourth-order valence-corrected chi connectivity index (χ4v) is 4.70. The van der Waals surface area contributed by atoms with E-state index in [0.29, 0.717) is 17.5 Å². The second-order valence-corrected chi connectivity index (χ2v) is 7.80. The zero-order valence-corrected chi connectivity index (χ0v) is 15.7. The maximum Gasteiger partial charge on any atom is 0.255 e. The summed E-state index contributed by atoms with van der Waals surface area (Å²) in [6, 6.07) is 4.20. The summed E-state index contributed by atoms with van der Waals surface area (Å²) in [6.45, 7) is 4.87. The van der Waals surface area contributed by atoms with Gasteiger partial charge in [0.15, 0.2) is 0 Å². The van der Waals surface area contributed by atoms with Gasteiger partial charge in [0.1, 0.15) is 0 Å². The average molecular weight is 359 g/mol. The van der Waals surface area contributed by atoms with Crippen molar-refractivity contribution >= 4 is 5.91 Å². The second-order valence-electron chi connectivity index (χ2n) is 7.80. The largest absolute Gasteiger partial charge is 0.481 e. The molecular formula is C20H29N3O3. The first-order valence-electron chi connectivity index (χ1n) is 9.86. The summed E-state index contributed by atoms with van der Waals surface area (Å²) in [5.74, 6) is 0.588. The van der Waals surface area contributed by atoms with Gasteiger partial charge in [0.2, 0.25) is 5.88 Å². The van der Waals surface area contributed by atoms with E-state index in [9.17, 15) is 4.79 Å². The van der Waals surface area contributed by atoms with Crippen LogP contribution in [-0.2, 0) is 4.74 Å². The van der Waals surface area contributed by atoms with Crippen molar-refractivity contribution in [2.45, 2.75) is 50.2 Å². The van der Waals surface area contributed by atoms with Crippen molar-refractivity contribution in [2.24, 2.45) is 0 Å². The molecule has 0 aliphatic carbocycles. The van der Waals surface area contributed by atoms with E-state index in [-0.39, 0.29) is 11.5 Å². The lowest BCUT2D eigenvalue weighted by atomic mass is 9.81.